The van der Waals surface area contributed by atoms with Gasteiger partial charge in [-0.15, -0.1) is 0 Å². The van der Waals surface area contributed by atoms with Crippen LogP contribution in [0.25, 0.3) is 0 Å². The summed E-state index contributed by atoms with van der Waals surface area (Å²) in [5, 5.41) is 0. The smallest absolute Gasteiger partial charge is 0.217 e. The molecule has 0 unspecified atom stereocenters. The molecule has 3 nitrogen and oxygen atoms in total. The second-order valence-corrected chi connectivity index (χ2v) is 3.50. The SMILES string of the molecule is CC.CC(C)CCN.CCC.CCC(N)=O. The molecule has 0 aromatic rings. The number of nitrogens with two attached hydrogens (primary N) is 2. The van der Waals surface area contributed by atoms with E-state index in [1.54, 1.807) is 6.92 Å². The van der Waals surface area contributed by atoms with Gasteiger partial charge in [-0.05, 0) is 18.9 Å². The highest BCUT2D eigenvalue weighted by Gasteiger charge is 1.85. The van der Waals surface area contributed by atoms with Gasteiger partial charge < -0.3 is 11.5 Å². The molecule has 0 saturated heterocycles. The van der Waals surface area contributed by atoms with E-state index in [0.717, 1.165) is 18.9 Å². The van der Waals surface area contributed by atoms with E-state index >= 15 is 0 Å². The first-order valence-corrected chi connectivity index (χ1v) is 6.44. The van der Waals surface area contributed by atoms with E-state index in [-0.39, 0.29) is 5.91 Å². The van der Waals surface area contributed by atoms with Crippen molar-refractivity contribution in [1.29, 1.82) is 0 Å². The lowest BCUT2D eigenvalue weighted by Gasteiger charge is -1.96. The van der Waals surface area contributed by atoms with Crippen molar-refractivity contribution < 1.29 is 4.79 Å². The fraction of sp³-hybridized carbons (Fsp3) is 0.923. The zero-order valence-electron chi connectivity index (χ0n) is 12.5. The summed E-state index contributed by atoms with van der Waals surface area (Å²) in [5.74, 6) is 0.528. The van der Waals surface area contributed by atoms with Crippen molar-refractivity contribution in [2.75, 3.05) is 6.54 Å². The molecule has 0 radical (unpaired) electrons. The van der Waals surface area contributed by atoms with Crippen LogP contribution in [0.1, 0.15) is 67.7 Å². The number of carbonyl (C=O) groups excluding carboxylic acids is 1. The molecule has 102 valence electrons. The first-order valence-electron chi connectivity index (χ1n) is 6.44. The Morgan fingerprint density at radius 3 is 1.38 bits per heavy atom. The van der Waals surface area contributed by atoms with Gasteiger partial charge in [0.2, 0.25) is 5.91 Å². The maximum Gasteiger partial charge on any atom is 0.217 e. The van der Waals surface area contributed by atoms with Crippen LogP contribution in [0.2, 0.25) is 0 Å². The Morgan fingerprint density at radius 1 is 1.12 bits per heavy atom. The summed E-state index contributed by atoms with van der Waals surface area (Å²) in [6.45, 7) is 15.2. The predicted molar refractivity (Wildman–Crippen MR) is 75.3 cm³/mol. The molecule has 0 bridgehead atoms. The molecule has 16 heavy (non-hydrogen) atoms. The monoisotopic (exact) mass is 234 g/mol. The molecule has 0 atom stereocenters. The number of amides is 1. The minimum absolute atomic E-state index is 0.245. The third-order valence-corrected chi connectivity index (χ3v) is 1.09. The summed E-state index contributed by atoms with van der Waals surface area (Å²) >= 11 is 0. The van der Waals surface area contributed by atoms with Crippen molar-refractivity contribution in [3.05, 3.63) is 0 Å². The van der Waals surface area contributed by atoms with Crippen molar-refractivity contribution in [2.45, 2.75) is 67.7 Å². The molecule has 0 aliphatic rings. The summed E-state index contributed by atoms with van der Waals surface area (Å²) in [5.41, 5.74) is 9.88. The van der Waals surface area contributed by atoms with Crippen LogP contribution in [-0.4, -0.2) is 12.5 Å². The van der Waals surface area contributed by atoms with Crippen LogP contribution < -0.4 is 11.5 Å². The van der Waals surface area contributed by atoms with Gasteiger partial charge in [-0.3, -0.25) is 4.79 Å². The Hall–Kier alpha value is -0.570. The maximum atomic E-state index is 9.59. The molecular weight excluding hydrogens is 200 g/mol. The molecule has 0 aromatic heterocycles. The minimum Gasteiger partial charge on any atom is -0.370 e. The molecule has 0 aliphatic carbocycles. The van der Waals surface area contributed by atoms with Crippen LogP contribution >= 0.6 is 0 Å². The number of rotatable bonds is 3. The zero-order chi connectivity index (χ0) is 14.0. The number of hydrogen-bond acceptors (Lipinski definition) is 2. The van der Waals surface area contributed by atoms with Gasteiger partial charge in [0.1, 0.15) is 0 Å². The highest BCUT2D eigenvalue weighted by Crippen LogP contribution is 1.93. The second kappa shape index (κ2) is 29.3. The van der Waals surface area contributed by atoms with Gasteiger partial charge in [0, 0.05) is 6.42 Å². The molecule has 0 fully saturated rings. The Labute approximate surface area is 103 Å². The molecular formula is C13H34N2O. The average molecular weight is 234 g/mol. The van der Waals surface area contributed by atoms with Crippen LogP contribution in [-0.2, 0) is 4.79 Å². The fourth-order valence-corrected chi connectivity index (χ4v) is 0.333. The third kappa shape index (κ3) is 106. The van der Waals surface area contributed by atoms with Gasteiger partial charge in [0.15, 0.2) is 0 Å². The highest BCUT2D eigenvalue weighted by molar-refractivity contribution is 5.73. The van der Waals surface area contributed by atoms with Gasteiger partial charge in [-0.1, -0.05) is 54.9 Å². The molecule has 0 saturated carbocycles. The Kier molecular flexibility index (Phi) is 45.0. The maximum absolute atomic E-state index is 9.59. The first kappa shape index (κ1) is 24.6. The summed E-state index contributed by atoms with van der Waals surface area (Å²) in [6.07, 6.45) is 2.85. The summed E-state index contributed by atoms with van der Waals surface area (Å²) in [7, 11) is 0. The van der Waals surface area contributed by atoms with Crippen molar-refractivity contribution in [3.63, 3.8) is 0 Å². The second-order valence-electron chi connectivity index (χ2n) is 3.50. The average Bonchev–Trinajstić information content (AvgIpc) is 2.22. The third-order valence-electron chi connectivity index (χ3n) is 1.09. The number of primary amides is 1. The largest absolute Gasteiger partial charge is 0.370 e. The van der Waals surface area contributed by atoms with Gasteiger partial charge in [-0.25, -0.2) is 0 Å². The van der Waals surface area contributed by atoms with Crippen molar-refractivity contribution in [1.82, 2.24) is 0 Å². The zero-order valence-corrected chi connectivity index (χ0v) is 12.5. The highest BCUT2D eigenvalue weighted by atomic mass is 16.1. The van der Waals surface area contributed by atoms with Crippen LogP contribution in [0.3, 0.4) is 0 Å². The summed E-state index contributed by atoms with van der Waals surface area (Å²) in [6, 6.07) is 0. The van der Waals surface area contributed by atoms with Crippen molar-refractivity contribution in [2.24, 2.45) is 17.4 Å². The molecule has 0 spiro atoms. The van der Waals surface area contributed by atoms with E-state index < -0.39 is 0 Å². The molecule has 3 heteroatoms. The van der Waals surface area contributed by atoms with Crippen LogP contribution in [0.5, 0.6) is 0 Å². The number of hydrogen-bond donors (Lipinski definition) is 2. The standard InChI is InChI=1S/C5H13N.C3H7NO.C3H8.C2H6/c1-5(2)3-4-6;1-2-3(4)5;1-3-2;1-2/h5H,3-4,6H2,1-2H3;2H2,1H3,(H2,4,5);3H2,1-2H3;1-2H3. The van der Waals surface area contributed by atoms with Gasteiger partial charge in [0.25, 0.3) is 0 Å². The predicted octanol–water partition coefficient (Wildman–Crippen LogP) is 3.32. The van der Waals surface area contributed by atoms with Crippen LogP contribution in [0.4, 0.5) is 0 Å². The quantitative estimate of drug-likeness (QED) is 0.786. The van der Waals surface area contributed by atoms with Gasteiger partial charge >= 0.3 is 0 Å². The van der Waals surface area contributed by atoms with Crippen LogP contribution in [0.15, 0.2) is 0 Å². The Balaban J connectivity index is -0.0000000653. The van der Waals surface area contributed by atoms with Gasteiger partial charge in [0.05, 0.1) is 0 Å². The fourth-order valence-electron chi connectivity index (χ4n) is 0.333. The van der Waals surface area contributed by atoms with Crippen LogP contribution in [0, 0.1) is 5.92 Å². The first-order chi connectivity index (χ1) is 7.45. The molecule has 0 aliphatic heterocycles. The van der Waals surface area contributed by atoms with E-state index in [1.165, 1.54) is 6.42 Å². The summed E-state index contributed by atoms with van der Waals surface area (Å²) < 4.78 is 0. The molecule has 0 aromatic carbocycles. The lowest BCUT2D eigenvalue weighted by molar-refractivity contribution is -0.117. The Bertz CT molecular complexity index is 104. The van der Waals surface area contributed by atoms with E-state index in [1.807, 2.05) is 13.8 Å². The lowest BCUT2D eigenvalue weighted by atomic mass is 10.1. The molecule has 4 N–H and O–H groups in total. The van der Waals surface area contributed by atoms with E-state index in [4.69, 9.17) is 5.73 Å². The molecule has 0 rings (SSSR count). The van der Waals surface area contributed by atoms with Crippen molar-refractivity contribution >= 4 is 5.91 Å². The van der Waals surface area contributed by atoms with Gasteiger partial charge in [-0.2, -0.15) is 0 Å². The topological polar surface area (TPSA) is 69.1 Å². The van der Waals surface area contributed by atoms with Crippen molar-refractivity contribution in [3.8, 4) is 0 Å². The van der Waals surface area contributed by atoms with E-state index in [2.05, 4.69) is 33.4 Å². The molecule has 1 amide bonds. The minimum atomic E-state index is -0.245. The lowest BCUT2D eigenvalue weighted by Crippen LogP contribution is -2.06. The number of carbonyl (C=O) groups is 1. The van der Waals surface area contributed by atoms with E-state index in [0.29, 0.717) is 6.42 Å². The normalized spacial score (nSPS) is 7.56. The molecule has 0 heterocycles. The Morgan fingerprint density at radius 2 is 1.38 bits per heavy atom. The van der Waals surface area contributed by atoms with E-state index in [9.17, 15) is 4.79 Å². The summed E-state index contributed by atoms with van der Waals surface area (Å²) in [4.78, 5) is 9.59.